The van der Waals surface area contributed by atoms with E-state index in [1.807, 2.05) is 12.1 Å². The first kappa shape index (κ1) is 26.3. The predicted molar refractivity (Wildman–Crippen MR) is 127 cm³/mol. The molecule has 0 atom stereocenters. The first-order valence-electron chi connectivity index (χ1n) is 10.2. The van der Waals surface area contributed by atoms with Crippen molar-refractivity contribution in [1.82, 2.24) is 0 Å². The van der Waals surface area contributed by atoms with Crippen LogP contribution in [0.25, 0.3) is 0 Å². The average Bonchev–Trinajstić information content (AvgIpc) is 2.85. The van der Waals surface area contributed by atoms with Crippen LogP contribution in [0.4, 0.5) is 13.2 Å². The van der Waals surface area contributed by atoms with Gasteiger partial charge in [0.15, 0.2) is 14.7 Å². The van der Waals surface area contributed by atoms with Gasteiger partial charge in [0.2, 0.25) is 0 Å². The first-order chi connectivity index (χ1) is 16.6. The fourth-order valence-corrected chi connectivity index (χ4v) is 5.93. The van der Waals surface area contributed by atoms with Crippen molar-refractivity contribution in [3.8, 4) is 5.75 Å². The minimum absolute atomic E-state index is 0.0804. The van der Waals surface area contributed by atoms with Gasteiger partial charge in [0.05, 0.1) is 28.5 Å². The van der Waals surface area contributed by atoms with Crippen molar-refractivity contribution in [2.45, 2.75) is 25.8 Å². The molecule has 0 aliphatic rings. The Balaban J connectivity index is 0.000000214. The standard InChI is InChI=1S/C19H17OS.C7H5F3O3S/c1-20-16-12-14-19(15-13-16)21(17-8-4-2-5-9-17)18-10-6-3-7-11-18;8-7(9,10)5-3-1-2-4-6(5)14(11,12)13/h2-15H,1H3;1-4H,(H,11,12,13)/q+1;/p-1. The molecule has 0 radical (unpaired) electrons. The number of benzene rings is 4. The summed E-state index contributed by atoms with van der Waals surface area (Å²) in [6, 6.07) is 32.9. The van der Waals surface area contributed by atoms with Crippen LogP contribution in [-0.4, -0.2) is 20.1 Å². The van der Waals surface area contributed by atoms with Gasteiger partial charge in [0, 0.05) is 0 Å². The van der Waals surface area contributed by atoms with Crippen LogP contribution in [0.2, 0.25) is 0 Å². The molecule has 0 spiro atoms. The Hall–Kier alpha value is -3.27. The molecule has 0 amide bonds. The van der Waals surface area contributed by atoms with Gasteiger partial charge in [-0.2, -0.15) is 13.2 Å². The maximum Gasteiger partial charge on any atom is 0.417 e. The second-order valence-corrected chi connectivity index (χ2v) is 10.4. The molecule has 0 saturated carbocycles. The summed E-state index contributed by atoms with van der Waals surface area (Å²) in [5.74, 6) is 0.892. The van der Waals surface area contributed by atoms with Gasteiger partial charge in [0.1, 0.15) is 15.9 Å². The molecule has 4 nitrogen and oxygen atoms in total. The summed E-state index contributed by atoms with van der Waals surface area (Å²) in [6.07, 6.45) is -4.84. The van der Waals surface area contributed by atoms with Crippen molar-refractivity contribution >= 4 is 21.0 Å². The molecular weight excluding hydrogens is 497 g/mol. The van der Waals surface area contributed by atoms with E-state index in [-0.39, 0.29) is 10.9 Å². The summed E-state index contributed by atoms with van der Waals surface area (Å²) in [4.78, 5) is 2.71. The van der Waals surface area contributed by atoms with E-state index < -0.39 is 26.8 Å². The molecule has 4 rings (SSSR count). The monoisotopic (exact) mass is 518 g/mol. The third-order valence-electron chi connectivity index (χ3n) is 4.71. The summed E-state index contributed by atoms with van der Waals surface area (Å²) in [5, 5.41) is 0. The highest BCUT2D eigenvalue weighted by Gasteiger charge is 2.34. The lowest BCUT2D eigenvalue weighted by atomic mass is 10.2. The van der Waals surface area contributed by atoms with Gasteiger partial charge >= 0.3 is 6.18 Å². The Labute approximate surface area is 205 Å². The van der Waals surface area contributed by atoms with E-state index >= 15 is 0 Å². The second kappa shape index (κ2) is 11.4. The molecule has 0 bridgehead atoms. The predicted octanol–water partition coefficient (Wildman–Crippen LogP) is 6.40. The van der Waals surface area contributed by atoms with Crippen molar-refractivity contribution in [3.63, 3.8) is 0 Å². The normalized spacial score (nSPS) is 11.5. The molecule has 0 saturated heterocycles. The molecule has 182 valence electrons. The number of methoxy groups -OCH3 is 1. The van der Waals surface area contributed by atoms with Crippen molar-refractivity contribution in [2.24, 2.45) is 0 Å². The van der Waals surface area contributed by atoms with Crippen LogP contribution in [0.15, 0.2) is 129 Å². The Morgan fingerprint density at radius 3 is 1.51 bits per heavy atom. The number of alkyl halides is 3. The minimum atomic E-state index is -5.09. The van der Waals surface area contributed by atoms with E-state index in [4.69, 9.17) is 4.74 Å². The number of hydrogen-bond acceptors (Lipinski definition) is 4. The molecule has 0 unspecified atom stereocenters. The van der Waals surface area contributed by atoms with Crippen LogP contribution in [0.5, 0.6) is 5.75 Å². The van der Waals surface area contributed by atoms with Gasteiger partial charge in [0.25, 0.3) is 0 Å². The van der Waals surface area contributed by atoms with Crippen molar-refractivity contribution < 1.29 is 30.9 Å². The third-order valence-corrected chi connectivity index (χ3v) is 7.84. The maximum atomic E-state index is 12.2. The lowest BCUT2D eigenvalue weighted by Crippen LogP contribution is -2.12. The molecule has 4 aromatic carbocycles. The molecule has 0 N–H and O–H groups in total. The van der Waals surface area contributed by atoms with Crippen LogP contribution < -0.4 is 4.74 Å². The average molecular weight is 519 g/mol. The van der Waals surface area contributed by atoms with Gasteiger partial charge in [-0.15, -0.1) is 0 Å². The van der Waals surface area contributed by atoms with E-state index in [1.54, 1.807) is 7.11 Å². The smallest absolute Gasteiger partial charge is 0.417 e. The molecular formula is C26H21F3O4S2. The zero-order valence-electron chi connectivity index (χ0n) is 18.5. The molecule has 9 heteroatoms. The lowest BCUT2D eigenvalue weighted by molar-refractivity contribution is -0.140. The Kier molecular flexibility index (Phi) is 8.61. The van der Waals surface area contributed by atoms with Crippen molar-refractivity contribution in [3.05, 3.63) is 115 Å². The van der Waals surface area contributed by atoms with Crippen molar-refractivity contribution in [2.75, 3.05) is 7.11 Å². The maximum absolute atomic E-state index is 12.2. The van der Waals surface area contributed by atoms with E-state index in [9.17, 15) is 26.1 Å². The van der Waals surface area contributed by atoms with Gasteiger partial charge in [-0.05, 0) is 60.7 Å². The molecule has 0 aromatic heterocycles. The SMILES string of the molecule is COc1ccc([S+](c2ccccc2)c2ccccc2)cc1.O=S(=O)([O-])c1ccccc1C(F)(F)F. The van der Waals surface area contributed by atoms with Crippen LogP contribution >= 0.6 is 0 Å². The molecule has 35 heavy (non-hydrogen) atoms. The highest BCUT2D eigenvalue weighted by atomic mass is 32.2. The summed E-state index contributed by atoms with van der Waals surface area (Å²) >= 11 is 0. The van der Waals surface area contributed by atoms with E-state index in [0.717, 1.165) is 17.9 Å². The topological polar surface area (TPSA) is 66.4 Å². The van der Waals surface area contributed by atoms with Crippen LogP contribution in [0.3, 0.4) is 0 Å². The molecule has 4 aromatic rings. The number of rotatable bonds is 5. The molecule has 0 aliphatic carbocycles. The zero-order chi connectivity index (χ0) is 25.5. The fourth-order valence-electron chi connectivity index (χ4n) is 3.15. The highest BCUT2D eigenvalue weighted by Crippen LogP contribution is 2.34. The summed E-state index contributed by atoms with van der Waals surface area (Å²) in [7, 11) is -3.47. The van der Waals surface area contributed by atoms with Gasteiger partial charge in [-0.1, -0.05) is 48.5 Å². The van der Waals surface area contributed by atoms with Crippen LogP contribution in [-0.2, 0) is 27.2 Å². The molecule has 0 heterocycles. The van der Waals surface area contributed by atoms with Crippen LogP contribution in [0.1, 0.15) is 5.56 Å². The second-order valence-electron chi connectivity index (χ2n) is 7.06. The Morgan fingerprint density at radius 1 is 0.686 bits per heavy atom. The van der Waals surface area contributed by atoms with Crippen molar-refractivity contribution in [1.29, 1.82) is 0 Å². The summed E-state index contributed by atoms with van der Waals surface area (Å²) in [6.45, 7) is 0. The van der Waals surface area contributed by atoms with Crippen LogP contribution in [0, 0.1) is 0 Å². The van der Waals surface area contributed by atoms with Gasteiger partial charge in [-0.25, -0.2) is 8.42 Å². The molecule has 0 aliphatic heterocycles. The number of halogens is 3. The third kappa shape index (κ3) is 7.11. The summed E-state index contributed by atoms with van der Waals surface area (Å²) in [5.41, 5.74) is -1.44. The van der Waals surface area contributed by atoms with E-state index in [1.165, 1.54) is 14.7 Å². The minimum Gasteiger partial charge on any atom is -0.744 e. The fraction of sp³-hybridized carbons (Fsp3) is 0.0769. The van der Waals surface area contributed by atoms with Gasteiger partial charge < -0.3 is 9.29 Å². The van der Waals surface area contributed by atoms with E-state index in [0.29, 0.717) is 12.1 Å². The Bertz CT molecular complexity index is 1290. The Morgan fingerprint density at radius 2 is 1.11 bits per heavy atom. The lowest BCUT2D eigenvalue weighted by Gasteiger charge is -2.14. The largest absolute Gasteiger partial charge is 0.744 e. The van der Waals surface area contributed by atoms with E-state index in [2.05, 4.69) is 72.8 Å². The zero-order valence-corrected chi connectivity index (χ0v) is 20.1. The van der Waals surface area contributed by atoms with Gasteiger partial charge in [-0.3, -0.25) is 0 Å². The first-order valence-corrected chi connectivity index (χ1v) is 12.8. The number of ether oxygens (including phenoxy) is 1. The highest BCUT2D eigenvalue weighted by molar-refractivity contribution is 7.97. The number of hydrogen-bond donors (Lipinski definition) is 0. The summed E-state index contributed by atoms with van der Waals surface area (Å²) < 4.78 is 73.1. The molecule has 0 fully saturated rings. The quantitative estimate of drug-likeness (QED) is 0.227.